The van der Waals surface area contributed by atoms with Crippen LogP contribution in [0.15, 0.2) is 12.3 Å². The number of nitrogens with two attached hydrogens (primary N) is 1. The summed E-state index contributed by atoms with van der Waals surface area (Å²) >= 11 is 0. The van der Waals surface area contributed by atoms with Gasteiger partial charge in [-0.05, 0) is 12.8 Å². The minimum absolute atomic E-state index is 0.0462. The smallest absolute Gasteiger partial charge is 0.287 e. The predicted octanol–water partition coefficient (Wildman–Crippen LogP) is 0.486. The third-order valence-electron chi connectivity index (χ3n) is 3.02. The van der Waals surface area contributed by atoms with Crippen LogP contribution < -0.4 is 5.73 Å². The summed E-state index contributed by atoms with van der Waals surface area (Å²) in [7, 11) is 0. The van der Waals surface area contributed by atoms with Crippen molar-refractivity contribution in [1.29, 1.82) is 0 Å². The molecule has 1 atom stereocenters. The molecule has 1 aromatic rings. The molecule has 7 nitrogen and oxygen atoms in total. The second-order valence-corrected chi connectivity index (χ2v) is 4.06. The number of nitro groups is 1. The molecule has 0 radical (unpaired) electrons. The van der Waals surface area contributed by atoms with Crippen molar-refractivity contribution in [2.45, 2.75) is 18.9 Å². The van der Waals surface area contributed by atoms with Gasteiger partial charge in [0.15, 0.2) is 0 Å². The average Bonchev–Trinajstić information content (AvgIpc) is 2.96. The largest absolute Gasteiger partial charge is 0.351 e. The van der Waals surface area contributed by atoms with E-state index in [9.17, 15) is 14.9 Å². The second-order valence-electron chi connectivity index (χ2n) is 4.06. The van der Waals surface area contributed by atoms with Crippen LogP contribution in [0.4, 0.5) is 5.69 Å². The van der Waals surface area contributed by atoms with Gasteiger partial charge in [-0.15, -0.1) is 0 Å². The number of nitrogens with one attached hydrogen (secondary N) is 1. The molecule has 0 aliphatic carbocycles. The van der Waals surface area contributed by atoms with Gasteiger partial charge in [-0.2, -0.15) is 0 Å². The number of amides is 1. The van der Waals surface area contributed by atoms with Crippen molar-refractivity contribution in [1.82, 2.24) is 9.88 Å². The lowest BCUT2D eigenvalue weighted by Crippen LogP contribution is -2.40. The number of hydrogen-bond acceptors (Lipinski definition) is 4. The summed E-state index contributed by atoms with van der Waals surface area (Å²) in [6.45, 7) is 1.09. The first-order chi connectivity index (χ1) is 8.13. The van der Waals surface area contributed by atoms with E-state index in [-0.39, 0.29) is 23.3 Å². The fraction of sp³-hybridized carbons (Fsp3) is 0.500. The van der Waals surface area contributed by atoms with Gasteiger partial charge in [-0.1, -0.05) is 0 Å². The number of aromatic amines is 1. The van der Waals surface area contributed by atoms with Crippen molar-refractivity contribution in [3.05, 3.63) is 28.1 Å². The van der Waals surface area contributed by atoms with E-state index >= 15 is 0 Å². The molecular formula is C10H14N4O3. The van der Waals surface area contributed by atoms with E-state index in [4.69, 9.17) is 5.73 Å². The number of hydrogen-bond donors (Lipinski definition) is 2. The molecule has 0 bridgehead atoms. The van der Waals surface area contributed by atoms with Crippen molar-refractivity contribution in [2.24, 2.45) is 5.73 Å². The maximum absolute atomic E-state index is 12.1. The summed E-state index contributed by atoms with van der Waals surface area (Å²) in [6.07, 6.45) is 3.04. The maximum Gasteiger partial charge on any atom is 0.287 e. The quantitative estimate of drug-likeness (QED) is 0.590. The lowest BCUT2D eigenvalue weighted by molar-refractivity contribution is -0.384. The van der Waals surface area contributed by atoms with Crippen LogP contribution in [0.2, 0.25) is 0 Å². The molecule has 0 aromatic carbocycles. The zero-order valence-electron chi connectivity index (χ0n) is 9.26. The predicted molar refractivity (Wildman–Crippen MR) is 60.6 cm³/mol. The van der Waals surface area contributed by atoms with Crippen molar-refractivity contribution in [3.63, 3.8) is 0 Å². The summed E-state index contributed by atoms with van der Waals surface area (Å²) in [5, 5.41) is 10.5. The molecule has 0 spiro atoms. The lowest BCUT2D eigenvalue weighted by Gasteiger charge is -2.22. The number of carbonyl (C=O) groups is 1. The zero-order chi connectivity index (χ0) is 12.4. The first-order valence-electron chi connectivity index (χ1n) is 5.47. The van der Waals surface area contributed by atoms with E-state index in [1.807, 2.05) is 0 Å². The minimum atomic E-state index is -0.530. The Kier molecular flexibility index (Phi) is 3.10. The Morgan fingerprint density at radius 3 is 3.06 bits per heavy atom. The Morgan fingerprint density at radius 2 is 2.47 bits per heavy atom. The van der Waals surface area contributed by atoms with Gasteiger partial charge in [0.05, 0.1) is 11.1 Å². The highest BCUT2D eigenvalue weighted by molar-refractivity contribution is 5.93. The molecular weight excluding hydrogens is 224 g/mol. The summed E-state index contributed by atoms with van der Waals surface area (Å²) in [5.41, 5.74) is 5.73. The van der Waals surface area contributed by atoms with Crippen LogP contribution in [-0.4, -0.2) is 39.8 Å². The van der Waals surface area contributed by atoms with Crippen molar-refractivity contribution in [2.75, 3.05) is 13.1 Å². The number of aromatic nitrogens is 1. The van der Waals surface area contributed by atoms with Gasteiger partial charge in [0.25, 0.3) is 11.6 Å². The third kappa shape index (κ3) is 2.14. The minimum Gasteiger partial charge on any atom is -0.351 e. The highest BCUT2D eigenvalue weighted by Crippen LogP contribution is 2.20. The Hall–Kier alpha value is -1.89. The Balaban J connectivity index is 2.16. The number of nitrogens with zero attached hydrogens (tertiary/aromatic N) is 2. The molecule has 3 N–H and O–H groups in total. The maximum atomic E-state index is 12.1. The molecule has 1 amide bonds. The van der Waals surface area contributed by atoms with Gasteiger partial charge in [0.2, 0.25) is 0 Å². The molecule has 1 fully saturated rings. The molecule has 1 saturated heterocycles. The summed E-state index contributed by atoms with van der Waals surface area (Å²) in [4.78, 5) is 26.4. The normalized spacial score (nSPS) is 19.6. The molecule has 1 aromatic heterocycles. The van der Waals surface area contributed by atoms with E-state index in [2.05, 4.69) is 4.98 Å². The molecule has 7 heteroatoms. The second kappa shape index (κ2) is 4.54. The molecule has 92 valence electrons. The third-order valence-corrected chi connectivity index (χ3v) is 3.02. The highest BCUT2D eigenvalue weighted by Gasteiger charge is 2.29. The van der Waals surface area contributed by atoms with E-state index in [0.29, 0.717) is 13.1 Å². The van der Waals surface area contributed by atoms with Crippen LogP contribution in [0.5, 0.6) is 0 Å². The van der Waals surface area contributed by atoms with Gasteiger partial charge in [0.1, 0.15) is 5.69 Å². The van der Waals surface area contributed by atoms with Crippen molar-refractivity contribution in [3.8, 4) is 0 Å². The standard InChI is InChI=1S/C10H14N4O3/c11-5-7-2-1-3-13(7)10(15)9-4-8(6-12-9)14(16)17/h4,6-7,12H,1-3,5,11H2. The van der Waals surface area contributed by atoms with Crippen LogP contribution in [-0.2, 0) is 0 Å². The fourth-order valence-electron chi connectivity index (χ4n) is 2.11. The van der Waals surface area contributed by atoms with Crippen molar-refractivity contribution < 1.29 is 9.72 Å². The number of likely N-dealkylation sites (tertiary alicyclic amines) is 1. The van der Waals surface area contributed by atoms with Crippen LogP contribution in [0.3, 0.4) is 0 Å². The van der Waals surface area contributed by atoms with Crippen LogP contribution >= 0.6 is 0 Å². The van der Waals surface area contributed by atoms with Gasteiger partial charge in [-0.3, -0.25) is 14.9 Å². The van der Waals surface area contributed by atoms with E-state index in [1.165, 1.54) is 12.3 Å². The van der Waals surface area contributed by atoms with Crippen molar-refractivity contribution >= 4 is 11.6 Å². The van der Waals surface area contributed by atoms with Crippen LogP contribution in [0.1, 0.15) is 23.3 Å². The Bertz CT molecular complexity index is 443. The van der Waals surface area contributed by atoms with E-state index in [0.717, 1.165) is 12.8 Å². The molecule has 2 heterocycles. The number of carbonyl (C=O) groups excluding carboxylic acids is 1. The summed E-state index contributed by atoms with van der Waals surface area (Å²) in [5.74, 6) is -0.217. The lowest BCUT2D eigenvalue weighted by atomic mass is 10.2. The topological polar surface area (TPSA) is 105 Å². The van der Waals surface area contributed by atoms with Crippen LogP contribution in [0, 0.1) is 10.1 Å². The molecule has 2 rings (SSSR count). The molecule has 0 saturated carbocycles. The number of rotatable bonds is 3. The monoisotopic (exact) mass is 238 g/mol. The molecule has 1 aliphatic rings. The molecule has 17 heavy (non-hydrogen) atoms. The van der Waals surface area contributed by atoms with E-state index in [1.54, 1.807) is 4.90 Å². The number of H-pyrrole nitrogens is 1. The average molecular weight is 238 g/mol. The Labute approximate surface area is 97.7 Å². The molecule has 1 unspecified atom stereocenters. The summed E-state index contributed by atoms with van der Waals surface area (Å²) in [6, 6.07) is 1.30. The zero-order valence-corrected chi connectivity index (χ0v) is 9.26. The SMILES string of the molecule is NCC1CCCN1C(=O)c1cc([N+](=O)[O-])c[nH]1. The van der Waals surface area contributed by atoms with Gasteiger partial charge in [-0.25, -0.2) is 0 Å². The van der Waals surface area contributed by atoms with Gasteiger partial charge < -0.3 is 15.6 Å². The Morgan fingerprint density at radius 1 is 1.71 bits per heavy atom. The fourth-order valence-corrected chi connectivity index (χ4v) is 2.11. The van der Waals surface area contributed by atoms with Gasteiger partial charge in [0, 0.05) is 25.2 Å². The first-order valence-corrected chi connectivity index (χ1v) is 5.47. The van der Waals surface area contributed by atoms with Gasteiger partial charge >= 0.3 is 0 Å². The van der Waals surface area contributed by atoms with E-state index < -0.39 is 4.92 Å². The van der Waals surface area contributed by atoms with Crippen LogP contribution in [0.25, 0.3) is 0 Å². The summed E-state index contributed by atoms with van der Waals surface area (Å²) < 4.78 is 0. The highest BCUT2D eigenvalue weighted by atomic mass is 16.6. The first kappa shape index (κ1) is 11.6. The molecule has 1 aliphatic heterocycles.